The van der Waals surface area contributed by atoms with E-state index >= 15 is 0 Å². The number of primary amides is 2. The van der Waals surface area contributed by atoms with Crippen LogP contribution in [0.4, 0.5) is 23.8 Å². The number of aromatic amines is 1. The predicted molar refractivity (Wildman–Crippen MR) is 98.7 cm³/mol. The quantitative estimate of drug-likeness (QED) is 0.515. The van der Waals surface area contributed by atoms with Crippen LogP contribution in [0.25, 0.3) is 22.0 Å². The normalized spacial score (nSPS) is 11.3. The molecule has 1 aromatic heterocycles. The van der Waals surface area contributed by atoms with Gasteiger partial charge in [-0.2, -0.15) is 0 Å². The number of nitrogens with two attached hydrogens (primary N) is 2. The molecule has 0 aliphatic rings. The largest absolute Gasteiger partial charge is 0.573 e. The van der Waals surface area contributed by atoms with Gasteiger partial charge in [0.25, 0.3) is 5.91 Å². The van der Waals surface area contributed by atoms with E-state index in [1.807, 2.05) is 0 Å². The minimum atomic E-state index is -4.83. The zero-order valence-electron chi connectivity index (χ0n) is 14.9. The number of benzene rings is 2. The second-order valence-corrected chi connectivity index (χ2v) is 5.90. The number of rotatable bonds is 5. The van der Waals surface area contributed by atoms with Crippen molar-refractivity contribution in [3.8, 4) is 22.6 Å². The minimum Gasteiger partial charge on any atom is -0.496 e. The van der Waals surface area contributed by atoms with Gasteiger partial charge in [-0.05, 0) is 23.8 Å². The summed E-state index contributed by atoms with van der Waals surface area (Å²) in [5.74, 6) is -1.02. The van der Waals surface area contributed by atoms with Crippen molar-refractivity contribution in [1.29, 1.82) is 0 Å². The summed E-state index contributed by atoms with van der Waals surface area (Å²) in [5.41, 5.74) is 12.0. The number of amides is 3. The molecule has 8 nitrogen and oxygen atoms in total. The molecule has 0 aliphatic carbocycles. The molecule has 0 saturated carbocycles. The maximum Gasteiger partial charge on any atom is 0.573 e. The van der Waals surface area contributed by atoms with Crippen LogP contribution in [-0.2, 0) is 0 Å². The third-order valence-electron chi connectivity index (χ3n) is 4.01. The molecule has 0 bridgehead atoms. The van der Waals surface area contributed by atoms with Crippen molar-refractivity contribution < 1.29 is 32.2 Å². The molecular weight excluding hydrogens is 393 g/mol. The molecule has 0 aliphatic heterocycles. The van der Waals surface area contributed by atoms with Crippen LogP contribution in [-0.4, -0.2) is 30.4 Å². The van der Waals surface area contributed by atoms with E-state index in [-0.39, 0.29) is 17.1 Å². The van der Waals surface area contributed by atoms with Gasteiger partial charge in [-0.1, -0.05) is 12.1 Å². The topological polar surface area (TPSA) is 132 Å². The van der Waals surface area contributed by atoms with Gasteiger partial charge in [0.1, 0.15) is 17.3 Å². The van der Waals surface area contributed by atoms with Crippen molar-refractivity contribution in [2.75, 3.05) is 12.4 Å². The first-order valence-electron chi connectivity index (χ1n) is 8.05. The first-order chi connectivity index (χ1) is 13.6. The molecule has 0 radical (unpaired) electrons. The number of nitrogens with one attached hydrogen (secondary N) is 2. The van der Waals surface area contributed by atoms with Gasteiger partial charge in [0.05, 0.1) is 12.7 Å². The van der Waals surface area contributed by atoms with Crippen LogP contribution >= 0.6 is 0 Å². The van der Waals surface area contributed by atoms with Gasteiger partial charge in [-0.15, -0.1) is 13.2 Å². The monoisotopic (exact) mass is 408 g/mol. The number of anilines is 1. The summed E-state index contributed by atoms with van der Waals surface area (Å²) in [7, 11) is 1.31. The molecule has 152 valence electrons. The van der Waals surface area contributed by atoms with E-state index in [0.29, 0.717) is 22.0 Å². The molecule has 29 heavy (non-hydrogen) atoms. The van der Waals surface area contributed by atoms with Gasteiger partial charge in [-0.3, -0.25) is 10.1 Å². The summed E-state index contributed by atoms with van der Waals surface area (Å²) in [6, 6.07) is 7.60. The number of carbonyl (C=O) groups excluding carboxylic acids is 2. The van der Waals surface area contributed by atoms with Crippen LogP contribution < -0.4 is 26.3 Å². The Kier molecular flexibility index (Phi) is 4.97. The summed E-state index contributed by atoms with van der Waals surface area (Å²) in [6.45, 7) is 0. The zero-order valence-corrected chi connectivity index (χ0v) is 14.9. The molecule has 0 atom stereocenters. The number of urea groups is 1. The smallest absolute Gasteiger partial charge is 0.496 e. The molecule has 6 N–H and O–H groups in total. The number of carbonyl (C=O) groups is 2. The van der Waals surface area contributed by atoms with Crippen molar-refractivity contribution in [3.63, 3.8) is 0 Å². The number of hydrogen-bond acceptors (Lipinski definition) is 4. The fourth-order valence-electron chi connectivity index (χ4n) is 2.95. The number of fused-ring (bicyclic) bond motifs is 1. The Hall–Kier alpha value is -3.89. The molecule has 3 aromatic rings. The average molecular weight is 408 g/mol. The number of alkyl halides is 3. The highest BCUT2D eigenvalue weighted by Crippen LogP contribution is 2.37. The average Bonchev–Trinajstić information content (AvgIpc) is 2.96. The Labute approximate surface area is 161 Å². The van der Waals surface area contributed by atoms with Crippen LogP contribution in [0, 0.1) is 0 Å². The maximum atomic E-state index is 12.4. The van der Waals surface area contributed by atoms with Crippen molar-refractivity contribution in [2.24, 2.45) is 11.5 Å². The molecule has 1 heterocycles. The Morgan fingerprint density at radius 1 is 1.10 bits per heavy atom. The number of hydrogen-bond donors (Lipinski definition) is 4. The van der Waals surface area contributed by atoms with Gasteiger partial charge in [0.2, 0.25) is 0 Å². The van der Waals surface area contributed by atoms with Crippen molar-refractivity contribution in [2.45, 2.75) is 6.36 Å². The summed E-state index contributed by atoms with van der Waals surface area (Å²) >= 11 is 0. The van der Waals surface area contributed by atoms with E-state index in [1.165, 1.54) is 13.2 Å². The van der Waals surface area contributed by atoms with Crippen LogP contribution in [0.5, 0.6) is 11.5 Å². The van der Waals surface area contributed by atoms with Crippen LogP contribution in [0.3, 0.4) is 0 Å². The van der Waals surface area contributed by atoms with Gasteiger partial charge >= 0.3 is 12.4 Å². The maximum absolute atomic E-state index is 12.4. The van der Waals surface area contributed by atoms with Gasteiger partial charge in [0.15, 0.2) is 0 Å². The van der Waals surface area contributed by atoms with Gasteiger partial charge in [0, 0.05) is 22.5 Å². The summed E-state index contributed by atoms with van der Waals surface area (Å²) in [4.78, 5) is 25.8. The number of aromatic nitrogens is 1. The molecule has 0 saturated heterocycles. The minimum absolute atomic E-state index is 0.0399. The second kappa shape index (κ2) is 7.26. The summed E-state index contributed by atoms with van der Waals surface area (Å²) < 4.78 is 46.4. The lowest BCUT2D eigenvalue weighted by Crippen LogP contribution is -2.22. The molecule has 0 unspecified atom stereocenters. The van der Waals surface area contributed by atoms with E-state index in [2.05, 4.69) is 15.0 Å². The third kappa shape index (κ3) is 4.18. The van der Waals surface area contributed by atoms with E-state index in [0.717, 1.165) is 12.1 Å². The van der Waals surface area contributed by atoms with Crippen molar-refractivity contribution in [3.05, 3.63) is 42.0 Å². The number of H-pyrrole nitrogens is 1. The zero-order chi connectivity index (χ0) is 21.3. The highest BCUT2D eigenvalue weighted by Gasteiger charge is 2.31. The SMILES string of the molecule is COc1cc(OC(F)(F)F)ccc1-c1ccc2c(C(N)=O)c(NC(N)=O)[nH]c2c1. The lowest BCUT2D eigenvalue weighted by molar-refractivity contribution is -0.274. The van der Waals surface area contributed by atoms with E-state index in [4.69, 9.17) is 16.2 Å². The molecule has 3 rings (SSSR count). The van der Waals surface area contributed by atoms with Gasteiger partial charge in [-0.25, -0.2) is 4.79 Å². The first kappa shape index (κ1) is 19.9. The molecule has 11 heteroatoms. The number of methoxy groups -OCH3 is 1. The summed E-state index contributed by atoms with van der Waals surface area (Å²) in [5, 5.41) is 2.72. The lowest BCUT2D eigenvalue weighted by Gasteiger charge is -2.13. The number of ether oxygens (including phenoxy) is 2. The van der Waals surface area contributed by atoms with Gasteiger partial charge < -0.3 is 25.9 Å². The van der Waals surface area contributed by atoms with Crippen molar-refractivity contribution >= 4 is 28.7 Å². The van der Waals surface area contributed by atoms with E-state index in [9.17, 15) is 22.8 Å². The molecule has 0 spiro atoms. The molecule has 0 fully saturated rings. The first-order valence-corrected chi connectivity index (χ1v) is 8.05. The van der Waals surface area contributed by atoms with Crippen molar-refractivity contribution in [1.82, 2.24) is 4.98 Å². The standard InChI is InChI=1S/C18H15F3N4O4/c1-28-13-7-9(29-18(19,20)21)3-5-10(13)8-2-4-11-12(6-8)24-16(25-17(23)27)14(11)15(22)26/h2-7,24H,1H3,(H2,22,26)(H3,23,25,27). The second-order valence-electron chi connectivity index (χ2n) is 5.90. The highest BCUT2D eigenvalue weighted by atomic mass is 19.4. The highest BCUT2D eigenvalue weighted by molar-refractivity contribution is 6.13. The Bertz CT molecular complexity index is 1110. The van der Waals surface area contributed by atoms with Crippen LogP contribution in [0.15, 0.2) is 36.4 Å². The van der Waals surface area contributed by atoms with E-state index in [1.54, 1.807) is 18.2 Å². The Morgan fingerprint density at radius 3 is 2.41 bits per heavy atom. The van der Waals surface area contributed by atoms with Crippen LogP contribution in [0.2, 0.25) is 0 Å². The third-order valence-corrected chi connectivity index (χ3v) is 4.01. The Morgan fingerprint density at radius 2 is 1.83 bits per heavy atom. The Balaban J connectivity index is 2.08. The fraction of sp³-hybridized carbons (Fsp3) is 0.111. The molecule has 2 aromatic carbocycles. The molecular formula is C18H15F3N4O4. The van der Waals surface area contributed by atoms with E-state index < -0.39 is 24.1 Å². The summed E-state index contributed by atoms with van der Waals surface area (Å²) in [6.07, 6.45) is -4.83. The lowest BCUT2D eigenvalue weighted by atomic mass is 10.0. The predicted octanol–water partition coefficient (Wildman–Crippen LogP) is 3.33. The van der Waals surface area contributed by atoms with Crippen LogP contribution in [0.1, 0.15) is 10.4 Å². The number of halogens is 3. The fourth-order valence-corrected chi connectivity index (χ4v) is 2.95. The molecule has 3 amide bonds.